The zero-order valence-corrected chi connectivity index (χ0v) is 13.4. The van der Waals surface area contributed by atoms with E-state index in [9.17, 15) is 9.59 Å². The summed E-state index contributed by atoms with van der Waals surface area (Å²) in [6.45, 7) is 1.56. The molecule has 5 heteroatoms. The lowest BCUT2D eigenvalue weighted by Crippen LogP contribution is -2.44. The first-order valence-electron chi connectivity index (χ1n) is 8.84. The third-order valence-corrected chi connectivity index (χ3v) is 5.29. The Morgan fingerprint density at radius 3 is 2.87 bits per heavy atom. The van der Waals surface area contributed by atoms with Crippen molar-refractivity contribution in [3.8, 4) is 0 Å². The van der Waals surface area contributed by atoms with Crippen LogP contribution in [0.5, 0.6) is 0 Å². The minimum atomic E-state index is -0.264. The lowest BCUT2D eigenvalue weighted by Gasteiger charge is -2.28. The van der Waals surface area contributed by atoms with E-state index in [0.717, 1.165) is 38.6 Å². The molecule has 124 valence electrons. The Labute approximate surface area is 136 Å². The lowest BCUT2D eigenvalue weighted by molar-refractivity contribution is -0.130. The minimum absolute atomic E-state index is 0.0299. The molecule has 5 nitrogen and oxygen atoms in total. The van der Waals surface area contributed by atoms with E-state index < -0.39 is 0 Å². The summed E-state index contributed by atoms with van der Waals surface area (Å²) in [5.41, 5.74) is 2.53. The number of carbonyl (C=O) groups excluding carboxylic acids is 1. The summed E-state index contributed by atoms with van der Waals surface area (Å²) >= 11 is 0. The Kier molecular flexibility index (Phi) is 3.97. The van der Waals surface area contributed by atoms with Crippen LogP contribution in [-0.4, -0.2) is 29.2 Å². The Hall–Kier alpha value is -1.62. The molecule has 23 heavy (non-hydrogen) atoms. The molecular formula is C18H24N2O3. The summed E-state index contributed by atoms with van der Waals surface area (Å²) in [6.07, 6.45) is 6.62. The Bertz CT molecular complexity index is 657. The predicted molar refractivity (Wildman–Crippen MR) is 86.4 cm³/mol. The smallest absolute Gasteiger partial charge is 0.250 e. The molecule has 1 aromatic rings. The second kappa shape index (κ2) is 6.11. The molecule has 3 aliphatic rings. The molecule has 1 saturated heterocycles. The van der Waals surface area contributed by atoms with Crippen LogP contribution >= 0.6 is 0 Å². The van der Waals surface area contributed by atoms with Crippen LogP contribution in [-0.2, 0) is 28.9 Å². The predicted octanol–water partition coefficient (Wildman–Crippen LogP) is 1.41. The summed E-state index contributed by atoms with van der Waals surface area (Å²) in [6, 6.07) is 3.79. The van der Waals surface area contributed by atoms with Crippen LogP contribution in [0, 0.1) is 5.92 Å². The van der Waals surface area contributed by atoms with Gasteiger partial charge in [-0.15, -0.1) is 0 Å². The fourth-order valence-electron chi connectivity index (χ4n) is 3.78. The summed E-state index contributed by atoms with van der Waals surface area (Å²) in [7, 11) is 0. The number of hydrogen-bond donors (Lipinski definition) is 1. The van der Waals surface area contributed by atoms with Crippen LogP contribution in [0.15, 0.2) is 16.9 Å². The highest BCUT2D eigenvalue weighted by Gasteiger charge is 2.29. The van der Waals surface area contributed by atoms with E-state index in [-0.39, 0.29) is 23.6 Å². The molecular weight excluding hydrogens is 292 g/mol. The summed E-state index contributed by atoms with van der Waals surface area (Å²) < 4.78 is 7.43. The number of amides is 1. The number of nitrogens with one attached hydrogen (secondary N) is 1. The van der Waals surface area contributed by atoms with Gasteiger partial charge in [-0.05, 0) is 56.4 Å². The van der Waals surface area contributed by atoms with Gasteiger partial charge >= 0.3 is 0 Å². The second-order valence-corrected chi connectivity index (χ2v) is 7.15. The van der Waals surface area contributed by atoms with Gasteiger partial charge in [-0.1, -0.05) is 6.07 Å². The topological polar surface area (TPSA) is 60.3 Å². The van der Waals surface area contributed by atoms with E-state index in [1.165, 1.54) is 24.1 Å². The molecule has 2 aliphatic carbocycles. The van der Waals surface area contributed by atoms with Gasteiger partial charge in [0.1, 0.15) is 6.10 Å². The molecule has 2 fully saturated rings. The minimum Gasteiger partial charge on any atom is -0.368 e. The third kappa shape index (κ3) is 3.20. The molecule has 1 N–H and O–H groups in total. The van der Waals surface area contributed by atoms with Crippen molar-refractivity contribution in [1.82, 2.24) is 9.88 Å². The monoisotopic (exact) mass is 316 g/mol. The van der Waals surface area contributed by atoms with Gasteiger partial charge in [0.25, 0.3) is 5.56 Å². The van der Waals surface area contributed by atoms with Crippen LogP contribution in [0.25, 0.3) is 0 Å². The van der Waals surface area contributed by atoms with Crippen LogP contribution in [0.2, 0.25) is 0 Å². The van der Waals surface area contributed by atoms with E-state index in [2.05, 4.69) is 5.32 Å². The molecule has 4 rings (SSSR count). The van der Waals surface area contributed by atoms with Gasteiger partial charge in [-0.25, -0.2) is 0 Å². The van der Waals surface area contributed by atoms with Crippen molar-refractivity contribution in [2.75, 3.05) is 6.61 Å². The fraction of sp³-hybridized carbons (Fsp3) is 0.667. The highest BCUT2D eigenvalue weighted by Crippen LogP contribution is 2.31. The van der Waals surface area contributed by atoms with Crippen molar-refractivity contribution >= 4 is 5.91 Å². The van der Waals surface area contributed by atoms with Crippen molar-refractivity contribution in [1.29, 1.82) is 0 Å². The number of aromatic nitrogens is 1. The summed E-state index contributed by atoms with van der Waals surface area (Å²) in [4.78, 5) is 24.4. The largest absolute Gasteiger partial charge is 0.368 e. The maximum atomic E-state index is 12.2. The van der Waals surface area contributed by atoms with Gasteiger partial charge in [-0.3, -0.25) is 9.59 Å². The van der Waals surface area contributed by atoms with E-state index in [0.29, 0.717) is 12.5 Å². The number of ether oxygens (including phenoxy) is 1. The molecule has 0 unspecified atom stereocenters. The normalized spacial score (nSPS) is 26.8. The second-order valence-electron chi connectivity index (χ2n) is 7.15. The number of nitrogens with zero attached hydrogens (tertiary/aromatic N) is 1. The molecule has 0 radical (unpaired) electrons. The number of hydrogen-bond acceptors (Lipinski definition) is 3. The third-order valence-electron chi connectivity index (χ3n) is 5.29. The molecule has 2 heterocycles. The number of rotatable bonds is 4. The van der Waals surface area contributed by atoms with Gasteiger partial charge < -0.3 is 14.6 Å². The fourth-order valence-corrected chi connectivity index (χ4v) is 3.78. The zero-order valence-electron chi connectivity index (χ0n) is 13.4. The maximum Gasteiger partial charge on any atom is 0.250 e. The highest BCUT2D eigenvalue weighted by atomic mass is 16.5. The van der Waals surface area contributed by atoms with Crippen molar-refractivity contribution in [3.05, 3.63) is 33.7 Å². The molecule has 1 aliphatic heterocycles. The van der Waals surface area contributed by atoms with E-state index >= 15 is 0 Å². The maximum absolute atomic E-state index is 12.2. The lowest BCUT2D eigenvalue weighted by atomic mass is 9.91. The van der Waals surface area contributed by atoms with Gasteiger partial charge in [-0.2, -0.15) is 0 Å². The first kappa shape index (κ1) is 14.9. The first-order chi connectivity index (χ1) is 11.2. The van der Waals surface area contributed by atoms with E-state index in [4.69, 9.17) is 4.74 Å². The quantitative estimate of drug-likeness (QED) is 0.914. The van der Waals surface area contributed by atoms with Crippen LogP contribution in [0.3, 0.4) is 0 Å². The molecule has 2 atom stereocenters. The van der Waals surface area contributed by atoms with Gasteiger partial charge in [0, 0.05) is 31.0 Å². The van der Waals surface area contributed by atoms with E-state index in [1.54, 1.807) is 6.07 Å². The molecule has 0 aromatic carbocycles. The van der Waals surface area contributed by atoms with Crippen LogP contribution < -0.4 is 10.9 Å². The average molecular weight is 316 g/mol. The van der Waals surface area contributed by atoms with Crippen molar-refractivity contribution < 1.29 is 9.53 Å². The Morgan fingerprint density at radius 2 is 2.13 bits per heavy atom. The molecule has 1 aromatic heterocycles. The number of fused-ring (bicyclic) bond motifs is 1. The summed E-state index contributed by atoms with van der Waals surface area (Å²) in [5.74, 6) is 0.721. The van der Waals surface area contributed by atoms with Crippen molar-refractivity contribution in [3.63, 3.8) is 0 Å². The van der Waals surface area contributed by atoms with E-state index in [1.807, 2.05) is 10.6 Å². The first-order valence-corrected chi connectivity index (χ1v) is 8.84. The SMILES string of the molecule is O=C(N[C@@H]1CCc2c(ccc(=O)n2CC2CC2)C1)[C@@H]1CCCO1. The average Bonchev–Trinajstić information content (AvgIpc) is 3.19. The molecule has 1 saturated carbocycles. The molecule has 0 bridgehead atoms. The van der Waals surface area contributed by atoms with Gasteiger partial charge in [0.2, 0.25) is 5.91 Å². The number of carbonyl (C=O) groups is 1. The Morgan fingerprint density at radius 1 is 1.26 bits per heavy atom. The zero-order chi connectivity index (χ0) is 15.8. The molecule has 1 amide bonds. The highest BCUT2D eigenvalue weighted by molar-refractivity contribution is 5.81. The van der Waals surface area contributed by atoms with Crippen LogP contribution in [0.4, 0.5) is 0 Å². The molecule has 0 spiro atoms. The van der Waals surface area contributed by atoms with Crippen molar-refractivity contribution in [2.45, 2.75) is 63.6 Å². The number of pyridine rings is 1. The van der Waals surface area contributed by atoms with Crippen molar-refractivity contribution in [2.24, 2.45) is 5.92 Å². The van der Waals surface area contributed by atoms with Gasteiger partial charge in [0.05, 0.1) is 0 Å². The summed E-state index contributed by atoms with van der Waals surface area (Å²) in [5, 5.41) is 3.14. The Balaban J connectivity index is 1.46. The van der Waals surface area contributed by atoms with Crippen LogP contribution in [0.1, 0.15) is 43.4 Å². The standard InChI is InChI=1S/C18H24N2O3/c21-17-8-5-13-10-14(19-18(22)16-2-1-9-23-16)6-7-15(13)20(17)11-12-3-4-12/h5,8,12,14,16H,1-4,6-7,9-11H2,(H,19,22)/t14-,16+/m1/s1. The van der Waals surface area contributed by atoms with Gasteiger partial charge in [0.15, 0.2) is 0 Å².